The Balaban J connectivity index is 1.67. The molecule has 3 nitrogen and oxygen atoms in total. The molecule has 2 aromatic rings. The summed E-state index contributed by atoms with van der Waals surface area (Å²) in [6, 6.07) is 9.90. The van der Waals surface area contributed by atoms with E-state index in [4.69, 9.17) is 4.74 Å². The molecule has 0 saturated carbocycles. The third-order valence-corrected chi connectivity index (χ3v) is 3.34. The van der Waals surface area contributed by atoms with Gasteiger partial charge in [0, 0.05) is 30.0 Å². The Bertz CT molecular complexity index is 514. The molecule has 0 atom stereocenters. The lowest BCUT2D eigenvalue weighted by Crippen LogP contribution is -2.21. The summed E-state index contributed by atoms with van der Waals surface area (Å²) in [5.74, 6) is 0.894. The third kappa shape index (κ3) is 4.65. The fraction of sp³-hybridized carbons (Fsp3) is 0.267. The van der Waals surface area contributed by atoms with E-state index in [9.17, 15) is 0 Å². The van der Waals surface area contributed by atoms with Gasteiger partial charge in [-0.3, -0.25) is 4.98 Å². The Kier molecular flexibility index (Phi) is 5.36. The van der Waals surface area contributed by atoms with Crippen LogP contribution in [0.2, 0.25) is 0 Å². The van der Waals surface area contributed by atoms with E-state index in [1.165, 1.54) is 11.1 Å². The van der Waals surface area contributed by atoms with Crippen LogP contribution < -0.4 is 10.1 Å². The summed E-state index contributed by atoms with van der Waals surface area (Å²) < 4.78 is 6.69. The van der Waals surface area contributed by atoms with Crippen LogP contribution in [0.25, 0.3) is 0 Å². The van der Waals surface area contributed by atoms with Gasteiger partial charge in [0.2, 0.25) is 0 Å². The molecule has 4 heteroatoms. The first-order valence-electron chi connectivity index (χ1n) is 6.24. The van der Waals surface area contributed by atoms with Crippen LogP contribution in [0.15, 0.2) is 47.2 Å². The average molecular weight is 321 g/mol. The van der Waals surface area contributed by atoms with Gasteiger partial charge in [0.1, 0.15) is 12.4 Å². The summed E-state index contributed by atoms with van der Waals surface area (Å²) in [6.45, 7) is 4.39. The van der Waals surface area contributed by atoms with Crippen molar-refractivity contribution in [3.05, 3.63) is 58.3 Å². The second kappa shape index (κ2) is 7.26. The zero-order valence-electron chi connectivity index (χ0n) is 10.9. The van der Waals surface area contributed by atoms with Crippen molar-refractivity contribution >= 4 is 15.9 Å². The molecule has 1 aromatic heterocycles. The van der Waals surface area contributed by atoms with E-state index in [1.54, 1.807) is 0 Å². The fourth-order valence-electron chi connectivity index (χ4n) is 1.70. The molecular formula is C15H17BrN2O. The number of aromatic nitrogens is 1. The van der Waals surface area contributed by atoms with Gasteiger partial charge >= 0.3 is 0 Å². The molecule has 0 fully saturated rings. The lowest BCUT2D eigenvalue weighted by atomic mass is 10.1. The first-order chi connectivity index (χ1) is 9.25. The molecule has 0 aliphatic heterocycles. The molecule has 1 heterocycles. The van der Waals surface area contributed by atoms with Gasteiger partial charge in [0.05, 0.1) is 0 Å². The van der Waals surface area contributed by atoms with Crippen LogP contribution >= 0.6 is 15.9 Å². The van der Waals surface area contributed by atoms with Gasteiger partial charge in [-0.2, -0.15) is 0 Å². The number of aryl methyl sites for hydroxylation is 1. The topological polar surface area (TPSA) is 34.2 Å². The van der Waals surface area contributed by atoms with E-state index in [0.29, 0.717) is 6.61 Å². The molecular weight excluding hydrogens is 304 g/mol. The fourth-order valence-corrected chi connectivity index (χ4v) is 1.96. The molecule has 1 aromatic carbocycles. The van der Waals surface area contributed by atoms with Crippen LogP contribution in [-0.2, 0) is 6.54 Å². The summed E-state index contributed by atoms with van der Waals surface area (Å²) in [7, 11) is 0. The van der Waals surface area contributed by atoms with E-state index in [-0.39, 0.29) is 0 Å². The number of benzene rings is 1. The number of rotatable bonds is 6. The highest BCUT2D eigenvalue weighted by atomic mass is 79.9. The number of nitrogens with one attached hydrogen (secondary N) is 1. The van der Waals surface area contributed by atoms with E-state index in [1.807, 2.05) is 42.7 Å². The van der Waals surface area contributed by atoms with Crippen molar-refractivity contribution in [3.8, 4) is 5.75 Å². The van der Waals surface area contributed by atoms with Crippen molar-refractivity contribution in [2.24, 2.45) is 0 Å². The highest BCUT2D eigenvalue weighted by molar-refractivity contribution is 9.10. The van der Waals surface area contributed by atoms with Gasteiger partial charge in [0.15, 0.2) is 0 Å². The third-order valence-electron chi connectivity index (χ3n) is 2.81. The minimum absolute atomic E-state index is 0.658. The molecule has 0 amide bonds. The van der Waals surface area contributed by atoms with Gasteiger partial charge in [-0.25, -0.2) is 0 Å². The first-order valence-corrected chi connectivity index (χ1v) is 7.03. The van der Waals surface area contributed by atoms with E-state index < -0.39 is 0 Å². The monoisotopic (exact) mass is 320 g/mol. The minimum atomic E-state index is 0.658. The van der Waals surface area contributed by atoms with Gasteiger partial charge < -0.3 is 10.1 Å². The standard InChI is InChI=1S/C15H17BrN2O/c1-12-10-17-7-6-13(12)11-18-8-9-19-15-4-2-14(16)3-5-15/h2-7,10,18H,8-9,11H2,1H3. The molecule has 0 saturated heterocycles. The molecule has 19 heavy (non-hydrogen) atoms. The van der Waals surface area contributed by atoms with Crippen LogP contribution in [-0.4, -0.2) is 18.1 Å². The van der Waals surface area contributed by atoms with Crippen LogP contribution in [0, 0.1) is 6.92 Å². The maximum atomic E-state index is 5.63. The van der Waals surface area contributed by atoms with Crippen molar-refractivity contribution in [2.45, 2.75) is 13.5 Å². The zero-order chi connectivity index (χ0) is 13.5. The van der Waals surface area contributed by atoms with E-state index in [0.717, 1.165) is 23.3 Å². The summed E-state index contributed by atoms with van der Waals surface area (Å²) in [5.41, 5.74) is 2.49. The smallest absolute Gasteiger partial charge is 0.119 e. The Morgan fingerprint density at radius 1 is 1.21 bits per heavy atom. The van der Waals surface area contributed by atoms with Gasteiger partial charge in [-0.1, -0.05) is 15.9 Å². The first kappa shape index (κ1) is 14.0. The van der Waals surface area contributed by atoms with Crippen LogP contribution in [0.5, 0.6) is 5.75 Å². The molecule has 0 spiro atoms. The molecule has 0 aliphatic carbocycles. The molecule has 1 N–H and O–H groups in total. The lowest BCUT2D eigenvalue weighted by Gasteiger charge is -2.09. The van der Waals surface area contributed by atoms with Crippen molar-refractivity contribution in [2.75, 3.05) is 13.2 Å². The Labute approximate surface area is 122 Å². The predicted molar refractivity (Wildman–Crippen MR) is 80.3 cm³/mol. The molecule has 0 unspecified atom stereocenters. The van der Waals surface area contributed by atoms with E-state index >= 15 is 0 Å². The lowest BCUT2D eigenvalue weighted by molar-refractivity contribution is 0.313. The van der Waals surface area contributed by atoms with Crippen molar-refractivity contribution < 1.29 is 4.74 Å². The van der Waals surface area contributed by atoms with Crippen molar-refractivity contribution in [3.63, 3.8) is 0 Å². The number of hydrogen-bond acceptors (Lipinski definition) is 3. The van der Waals surface area contributed by atoms with Crippen molar-refractivity contribution in [1.29, 1.82) is 0 Å². The Hall–Kier alpha value is -1.39. The quantitative estimate of drug-likeness (QED) is 0.829. The average Bonchev–Trinajstić information content (AvgIpc) is 2.42. The Morgan fingerprint density at radius 3 is 2.74 bits per heavy atom. The number of ether oxygens (including phenoxy) is 1. The summed E-state index contributed by atoms with van der Waals surface area (Å²) >= 11 is 3.40. The number of pyridine rings is 1. The Morgan fingerprint density at radius 2 is 2.00 bits per heavy atom. The number of halogens is 1. The molecule has 0 radical (unpaired) electrons. The van der Waals surface area contributed by atoms with Crippen LogP contribution in [0.4, 0.5) is 0 Å². The van der Waals surface area contributed by atoms with E-state index in [2.05, 4.69) is 33.2 Å². The molecule has 2 rings (SSSR count). The normalized spacial score (nSPS) is 10.4. The number of hydrogen-bond donors (Lipinski definition) is 1. The SMILES string of the molecule is Cc1cnccc1CNCCOc1ccc(Br)cc1. The van der Waals surface area contributed by atoms with Crippen LogP contribution in [0.3, 0.4) is 0 Å². The second-order valence-electron chi connectivity index (χ2n) is 4.28. The van der Waals surface area contributed by atoms with Gasteiger partial charge in [0.25, 0.3) is 0 Å². The largest absolute Gasteiger partial charge is 0.492 e. The molecule has 0 aliphatic rings. The highest BCUT2D eigenvalue weighted by Crippen LogP contribution is 2.15. The maximum absolute atomic E-state index is 5.63. The predicted octanol–water partition coefficient (Wildman–Crippen LogP) is 3.32. The molecule has 0 bridgehead atoms. The molecule has 100 valence electrons. The second-order valence-corrected chi connectivity index (χ2v) is 5.20. The summed E-state index contributed by atoms with van der Waals surface area (Å²) in [5, 5.41) is 3.36. The maximum Gasteiger partial charge on any atom is 0.119 e. The van der Waals surface area contributed by atoms with Gasteiger partial charge in [-0.15, -0.1) is 0 Å². The van der Waals surface area contributed by atoms with Crippen molar-refractivity contribution in [1.82, 2.24) is 10.3 Å². The summed E-state index contributed by atoms with van der Waals surface area (Å²) in [4.78, 5) is 4.08. The number of nitrogens with zero attached hydrogens (tertiary/aromatic N) is 1. The zero-order valence-corrected chi connectivity index (χ0v) is 12.5. The highest BCUT2D eigenvalue weighted by Gasteiger charge is 1.97. The summed E-state index contributed by atoms with van der Waals surface area (Å²) in [6.07, 6.45) is 3.71. The van der Waals surface area contributed by atoms with Crippen LogP contribution in [0.1, 0.15) is 11.1 Å². The van der Waals surface area contributed by atoms with Gasteiger partial charge in [-0.05, 0) is 48.4 Å². The minimum Gasteiger partial charge on any atom is -0.492 e.